The Balaban J connectivity index is 3.99. The maximum Gasteiger partial charge on any atom is 0.119 e. The Morgan fingerprint density at radius 2 is 1.61 bits per heavy atom. The molecule has 23 heavy (non-hydrogen) atoms. The SMILES string of the molecule is CCCCCCC=CCCCCC(O)(CC(=O)[O-])C[N+](C)(C)C. The second-order valence-electron chi connectivity index (χ2n) is 7.79. The quantitative estimate of drug-likeness (QED) is 0.303. The predicted octanol–water partition coefficient (Wildman–Crippen LogP) is 2.65. The van der Waals surface area contributed by atoms with E-state index < -0.39 is 11.6 Å². The summed E-state index contributed by atoms with van der Waals surface area (Å²) in [5, 5.41) is 21.5. The number of carboxylic acids is 1. The van der Waals surface area contributed by atoms with E-state index >= 15 is 0 Å². The first-order chi connectivity index (χ1) is 10.7. The molecule has 0 aromatic rings. The van der Waals surface area contributed by atoms with Gasteiger partial charge in [-0.25, -0.2) is 0 Å². The molecule has 0 rings (SSSR count). The van der Waals surface area contributed by atoms with Crippen molar-refractivity contribution >= 4 is 5.97 Å². The van der Waals surface area contributed by atoms with E-state index in [-0.39, 0.29) is 6.42 Å². The van der Waals surface area contributed by atoms with Crippen LogP contribution >= 0.6 is 0 Å². The number of unbranched alkanes of at least 4 members (excludes halogenated alkanes) is 6. The molecule has 0 amide bonds. The lowest BCUT2D eigenvalue weighted by molar-refractivity contribution is -0.877. The molecule has 0 bridgehead atoms. The summed E-state index contributed by atoms with van der Waals surface area (Å²) in [4.78, 5) is 10.9. The molecule has 1 N–H and O–H groups in total. The Bertz CT molecular complexity index is 347. The van der Waals surface area contributed by atoms with E-state index in [1.165, 1.54) is 25.7 Å². The van der Waals surface area contributed by atoms with Crippen LogP contribution in [0.5, 0.6) is 0 Å². The van der Waals surface area contributed by atoms with Crippen LogP contribution in [-0.4, -0.2) is 48.8 Å². The lowest BCUT2D eigenvalue weighted by Crippen LogP contribution is -2.51. The number of aliphatic carboxylic acids is 1. The van der Waals surface area contributed by atoms with Crippen LogP contribution in [0, 0.1) is 0 Å². The Hall–Kier alpha value is -0.870. The smallest absolute Gasteiger partial charge is 0.119 e. The molecule has 0 fully saturated rings. The zero-order chi connectivity index (χ0) is 17.8. The van der Waals surface area contributed by atoms with Crippen molar-refractivity contribution in [3.63, 3.8) is 0 Å². The highest BCUT2D eigenvalue weighted by Gasteiger charge is 2.33. The van der Waals surface area contributed by atoms with E-state index in [0.717, 1.165) is 25.7 Å². The summed E-state index contributed by atoms with van der Waals surface area (Å²) in [5.41, 5.74) is -1.17. The van der Waals surface area contributed by atoms with Gasteiger partial charge in [-0.1, -0.05) is 44.8 Å². The summed E-state index contributed by atoms with van der Waals surface area (Å²) in [6.45, 7) is 2.64. The van der Waals surface area contributed by atoms with Gasteiger partial charge in [0.25, 0.3) is 0 Å². The van der Waals surface area contributed by atoms with Gasteiger partial charge in [-0.2, -0.15) is 0 Å². The van der Waals surface area contributed by atoms with Crippen molar-refractivity contribution < 1.29 is 19.5 Å². The third-order valence-electron chi connectivity index (χ3n) is 3.90. The van der Waals surface area contributed by atoms with Gasteiger partial charge in [0.05, 0.1) is 21.1 Å². The minimum absolute atomic E-state index is 0.282. The molecule has 136 valence electrons. The van der Waals surface area contributed by atoms with Gasteiger partial charge in [-0.05, 0) is 32.1 Å². The molecule has 0 saturated carbocycles. The van der Waals surface area contributed by atoms with Gasteiger partial charge in [-0.15, -0.1) is 0 Å². The topological polar surface area (TPSA) is 60.4 Å². The van der Waals surface area contributed by atoms with Crippen molar-refractivity contribution in [3.8, 4) is 0 Å². The van der Waals surface area contributed by atoms with Crippen molar-refractivity contribution in [2.24, 2.45) is 0 Å². The Morgan fingerprint density at radius 1 is 1.04 bits per heavy atom. The number of hydrogen-bond donors (Lipinski definition) is 1. The third kappa shape index (κ3) is 14.5. The van der Waals surface area contributed by atoms with Crippen LogP contribution in [0.4, 0.5) is 0 Å². The highest BCUT2D eigenvalue weighted by molar-refractivity contribution is 5.65. The highest BCUT2D eigenvalue weighted by atomic mass is 16.4. The summed E-state index contributed by atoms with van der Waals surface area (Å²) in [6, 6.07) is 0. The van der Waals surface area contributed by atoms with E-state index in [1.807, 2.05) is 21.1 Å². The van der Waals surface area contributed by atoms with Crippen molar-refractivity contribution in [1.29, 1.82) is 0 Å². The molecule has 0 aromatic heterocycles. The first-order valence-electron chi connectivity index (χ1n) is 9.06. The van der Waals surface area contributed by atoms with Crippen molar-refractivity contribution in [2.45, 2.75) is 76.7 Å². The van der Waals surface area contributed by atoms with Crippen LogP contribution in [0.1, 0.15) is 71.1 Å². The molecular formula is C19H37NO3. The molecule has 4 nitrogen and oxygen atoms in total. The molecule has 0 heterocycles. The molecule has 0 spiro atoms. The van der Waals surface area contributed by atoms with Gasteiger partial charge in [-0.3, -0.25) is 0 Å². The molecular weight excluding hydrogens is 290 g/mol. The normalized spacial score (nSPS) is 15.0. The van der Waals surface area contributed by atoms with Crippen molar-refractivity contribution in [2.75, 3.05) is 27.7 Å². The number of hydrogen-bond acceptors (Lipinski definition) is 3. The maximum absolute atomic E-state index is 10.9. The molecule has 1 unspecified atom stereocenters. The minimum atomic E-state index is -1.17. The fraction of sp³-hybridized carbons (Fsp3) is 0.842. The van der Waals surface area contributed by atoms with E-state index in [4.69, 9.17) is 0 Å². The van der Waals surface area contributed by atoms with E-state index in [0.29, 0.717) is 17.4 Å². The molecule has 4 heteroatoms. The summed E-state index contributed by atoms with van der Waals surface area (Å²) in [5.74, 6) is -1.17. The van der Waals surface area contributed by atoms with Crippen LogP contribution < -0.4 is 5.11 Å². The third-order valence-corrected chi connectivity index (χ3v) is 3.90. The second kappa shape index (κ2) is 11.6. The average Bonchev–Trinajstić information content (AvgIpc) is 2.37. The predicted molar refractivity (Wildman–Crippen MR) is 93.8 cm³/mol. The molecule has 0 aliphatic carbocycles. The van der Waals surface area contributed by atoms with Gasteiger partial charge in [0.15, 0.2) is 0 Å². The number of carbonyl (C=O) groups is 1. The van der Waals surface area contributed by atoms with Gasteiger partial charge in [0.1, 0.15) is 12.1 Å². The molecule has 0 radical (unpaired) electrons. The maximum atomic E-state index is 10.9. The van der Waals surface area contributed by atoms with Gasteiger partial charge < -0.3 is 19.5 Å². The number of carboxylic acid groups (broad SMARTS) is 1. The number of rotatable bonds is 14. The average molecular weight is 328 g/mol. The Morgan fingerprint density at radius 3 is 2.09 bits per heavy atom. The number of likely N-dealkylation sites (N-methyl/N-ethyl adjacent to an activating group) is 1. The summed E-state index contributed by atoms with van der Waals surface area (Å²) >= 11 is 0. The van der Waals surface area contributed by atoms with Crippen LogP contribution in [0.3, 0.4) is 0 Å². The number of aliphatic hydroxyl groups is 1. The first kappa shape index (κ1) is 22.1. The lowest BCUT2D eigenvalue weighted by atomic mass is 9.91. The minimum Gasteiger partial charge on any atom is -0.550 e. The van der Waals surface area contributed by atoms with Gasteiger partial charge in [0.2, 0.25) is 0 Å². The monoisotopic (exact) mass is 327 g/mol. The van der Waals surface area contributed by atoms with Crippen molar-refractivity contribution in [3.05, 3.63) is 12.2 Å². The molecule has 0 saturated heterocycles. The van der Waals surface area contributed by atoms with Crippen LogP contribution in [0.2, 0.25) is 0 Å². The molecule has 0 aliphatic rings. The Kier molecular flexibility index (Phi) is 11.2. The van der Waals surface area contributed by atoms with Gasteiger partial charge in [0, 0.05) is 12.4 Å². The molecule has 0 aromatic carbocycles. The Labute approximate surface area is 142 Å². The summed E-state index contributed by atoms with van der Waals surface area (Å²) < 4.78 is 0.543. The largest absolute Gasteiger partial charge is 0.550 e. The van der Waals surface area contributed by atoms with E-state index in [9.17, 15) is 15.0 Å². The van der Waals surface area contributed by atoms with E-state index in [1.54, 1.807) is 0 Å². The van der Waals surface area contributed by atoms with Crippen molar-refractivity contribution in [1.82, 2.24) is 0 Å². The number of nitrogens with zero attached hydrogens (tertiary/aromatic N) is 1. The number of carbonyl (C=O) groups excluding carboxylic acids is 1. The lowest BCUT2D eigenvalue weighted by Gasteiger charge is -2.36. The molecule has 0 aliphatic heterocycles. The fourth-order valence-electron chi connectivity index (χ4n) is 3.02. The second-order valence-corrected chi connectivity index (χ2v) is 7.79. The fourth-order valence-corrected chi connectivity index (χ4v) is 3.02. The van der Waals surface area contributed by atoms with Gasteiger partial charge >= 0.3 is 0 Å². The van der Waals surface area contributed by atoms with Crippen LogP contribution in [-0.2, 0) is 4.79 Å². The van der Waals surface area contributed by atoms with Crippen LogP contribution in [0.15, 0.2) is 12.2 Å². The number of allylic oxidation sites excluding steroid dienone is 2. The zero-order valence-corrected chi connectivity index (χ0v) is 15.6. The zero-order valence-electron chi connectivity index (χ0n) is 15.6. The highest BCUT2D eigenvalue weighted by Crippen LogP contribution is 2.22. The summed E-state index contributed by atoms with van der Waals surface area (Å²) in [7, 11) is 5.88. The van der Waals surface area contributed by atoms with Crippen LogP contribution in [0.25, 0.3) is 0 Å². The summed E-state index contributed by atoms with van der Waals surface area (Å²) in [6.07, 6.45) is 13.8. The van der Waals surface area contributed by atoms with E-state index in [2.05, 4.69) is 19.1 Å². The first-order valence-corrected chi connectivity index (χ1v) is 9.06. The number of quaternary nitrogens is 1. The standard InChI is InChI=1S/C19H37NO3/c1-5-6-7-8-9-10-11-12-13-14-15-19(23,16-18(21)22)17-20(2,3)4/h10-11,23H,5-9,12-17H2,1-4H3. The molecule has 1 atom stereocenters.